The van der Waals surface area contributed by atoms with Crippen molar-refractivity contribution in [1.29, 1.82) is 0 Å². The number of hydrogen-bond acceptors (Lipinski definition) is 4. The molecule has 1 aromatic carbocycles. The molecule has 0 aliphatic carbocycles. The third-order valence-corrected chi connectivity index (χ3v) is 4.57. The Bertz CT molecular complexity index is 678. The summed E-state index contributed by atoms with van der Waals surface area (Å²) in [4.78, 5) is 18.5. The van der Waals surface area contributed by atoms with Crippen LogP contribution in [0.4, 0.5) is 0 Å². The van der Waals surface area contributed by atoms with Crippen LogP contribution in [0.1, 0.15) is 30.7 Å². The molecule has 1 unspecified atom stereocenters. The van der Waals surface area contributed by atoms with Gasteiger partial charge in [-0.3, -0.25) is 4.79 Å². The molecule has 1 saturated heterocycles. The first-order chi connectivity index (χ1) is 11.7. The van der Waals surface area contributed by atoms with E-state index in [0.717, 1.165) is 30.7 Å². The predicted molar refractivity (Wildman–Crippen MR) is 91.4 cm³/mol. The van der Waals surface area contributed by atoms with Crippen molar-refractivity contribution in [2.75, 3.05) is 19.7 Å². The Balaban J connectivity index is 1.55. The minimum absolute atomic E-state index is 0.114. The Morgan fingerprint density at radius 1 is 1.38 bits per heavy atom. The van der Waals surface area contributed by atoms with Crippen LogP contribution >= 0.6 is 0 Å². The molecule has 5 heteroatoms. The van der Waals surface area contributed by atoms with Gasteiger partial charge in [0.25, 0.3) is 0 Å². The molecule has 1 aliphatic heterocycles. The Hall–Kier alpha value is -2.14. The number of carbonyl (C=O) groups is 1. The summed E-state index contributed by atoms with van der Waals surface area (Å²) in [5, 5.41) is 9.26. The van der Waals surface area contributed by atoms with Gasteiger partial charge in [-0.2, -0.15) is 0 Å². The van der Waals surface area contributed by atoms with Crippen LogP contribution in [0, 0.1) is 12.8 Å². The Kier molecular flexibility index (Phi) is 5.30. The van der Waals surface area contributed by atoms with Gasteiger partial charge in [-0.15, -0.1) is 0 Å². The zero-order chi connectivity index (χ0) is 16.9. The van der Waals surface area contributed by atoms with Crippen molar-refractivity contribution in [3.63, 3.8) is 0 Å². The molecule has 0 radical (unpaired) electrons. The molecule has 1 N–H and O–H groups in total. The topological polar surface area (TPSA) is 66.6 Å². The van der Waals surface area contributed by atoms with Crippen molar-refractivity contribution in [2.45, 2.75) is 32.6 Å². The fraction of sp³-hybridized carbons (Fsp3) is 0.474. The van der Waals surface area contributed by atoms with Crippen LogP contribution in [-0.2, 0) is 11.2 Å². The van der Waals surface area contributed by atoms with Gasteiger partial charge < -0.3 is 14.4 Å². The van der Waals surface area contributed by atoms with Crippen LogP contribution in [0.5, 0.6) is 0 Å². The lowest BCUT2D eigenvalue weighted by Gasteiger charge is -2.31. The maximum absolute atomic E-state index is 12.3. The second-order valence-electron chi connectivity index (χ2n) is 6.51. The van der Waals surface area contributed by atoms with Crippen LogP contribution in [0.25, 0.3) is 11.3 Å². The predicted octanol–water partition coefficient (Wildman–Crippen LogP) is 2.81. The van der Waals surface area contributed by atoms with Gasteiger partial charge >= 0.3 is 0 Å². The highest BCUT2D eigenvalue weighted by atomic mass is 16.4. The van der Waals surface area contributed by atoms with Crippen molar-refractivity contribution in [1.82, 2.24) is 9.88 Å². The molecule has 24 heavy (non-hydrogen) atoms. The highest BCUT2D eigenvalue weighted by Gasteiger charge is 2.23. The first-order valence-corrected chi connectivity index (χ1v) is 8.56. The number of aryl methyl sites for hydroxylation is 2. The third-order valence-electron chi connectivity index (χ3n) is 4.57. The lowest BCUT2D eigenvalue weighted by atomic mass is 9.99. The number of aromatic nitrogens is 1. The van der Waals surface area contributed by atoms with E-state index in [2.05, 4.69) is 4.98 Å². The van der Waals surface area contributed by atoms with Gasteiger partial charge in [0.05, 0.1) is 6.20 Å². The molecule has 1 atom stereocenters. The summed E-state index contributed by atoms with van der Waals surface area (Å²) in [5.74, 6) is 1.66. The van der Waals surface area contributed by atoms with Gasteiger partial charge in [-0.25, -0.2) is 4.98 Å². The second-order valence-corrected chi connectivity index (χ2v) is 6.51. The molecule has 2 heterocycles. The van der Waals surface area contributed by atoms with Crippen molar-refractivity contribution in [3.8, 4) is 11.3 Å². The molecule has 0 saturated carbocycles. The summed E-state index contributed by atoms with van der Waals surface area (Å²) in [7, 11) is 0. The molecular formula is C19H24N2O3. The van der Waals surface area contributed by atoms with Gasteiger partial charge in [-0.05, 0) is 25.7 Å². The van der Waals surface area contributed by atoms with Gasteiger partial charge in [-0.1, -0.05) is 29.8 Å². The number of piperidine rings is 1. The molecule has 5 nitrogen and oxygen atoms in total. The molecule has 0 bridgehead atoms. The maximum Gasteiger partial charge on any atom is 0.223 e. The van der Waals surface area contributed by atoms with E-state index in [9.17, 15) is 9.90 Å². The number of benzene rings is 1. The number of aliphatic hydroxyl groups is 1. The van der Waals surface area contributed by atoms with Crippen LogP contribution in [0.2, 0.25) is 0 Å². The molecule has 1 fully saturated rings. The maximum atomic E-state index is 12.3. The number of rotatable bonds is 5. The number of nitrogens with zero attached hydrogens (tertiary/aromatic N) is 2. The van der Waals surface area contributed by atoms with Gasteiger partial charge in [0, 0.05) is 38.1 Å². The number of aliphatic hydroxyl groups excluding tert-OH is 1. The standard InChI is InChI=1S/C19H24N2O3/c1-14-4-6-16(7-5-14)17-11-20-18(24-17)8-9-19(23)21-10-2-3-15(12-21)13-22/h4-7,11,15,22H,2-3,8-10,12-13H2,1H3. The van der Waals surface area contributed by atoms with Gasteiger partial charge in [0.2, 0.25) is 5.91 Å². The minimum atomic E-state index is 0.114. The first kappa shape index (κ1) is 16.7. The van der Waals surface area contributed by atoms with Crippen LogP contribution in [0.3, 0.4) is 0 Å². The summed E-state index contributed by atoms with van der Waals surface area (Å²) in [6.07, 6.45) is 4.58. The van der Waals surface area contributed by atoms with E-state index >= 15 is 0 Å². The Morgan fingerprint density at radius 2 is 2.17 bits per heavy atom. The van der Waals surface area contributed by atoms with Crippen molar-refractivity contribution in [3.05, 3.63) is 41.9 Å². The summed E-state index contributed by atoms with van der Waals surface area (Å²) in [6, 6.07) is 8.09. The van der Waals surface area contributed by atoms with Crippen LogP contribution < -0.4 is 0 Å². The van der Waals surface area contributed by atoms with Crippen LogP contribution in [-0.4, -0.2) is 40.6 Å². The first-order valence-electron chi connectivity index (χ1n) is 8.56. The summed E-state index contributed by atoms with van der Waals surface area (Å²) < 4.78 is 5.77. The highest BCUT2D eigenvalue weighted by molar-refractivity contribution is 5.76. The lowest BCUT2D eigenvalue weighted by molar-refractivity contribution is -0.133. The molecule has 1 amide bonds. The number of likely N-dealkylation sites (tertiary alicyclic amines) is 1. The van der Waals surface area contributed by atoms with Gasteiger partial charge in [0.15, 0.2) is 11.7 Å². The molecule has 1 aliphatic rings. The number of hydrogen-bond donors (Lipinski definition) is 1. The van der Waals surface area contributed by atoms with E-state index in [4.69, 9.17) is 4.42 Å². The van der Waals surface area contributed by atoms with Crippen LogP contribution in [0.15, 0.2) is 34.9 Å². The summed E-state index contributed by atoms with van der Waals surface area (Å²) >= 11 is 0. The van der Waals surface area contributed by atoms with Crippen molar-refractivity contribution in [2.24, 2.45) is 5.92 Å². The van der Waals surface area contributed by atoms with Crippen molar-refractivity contribution >= 4 is 5.91 Å². The van der Waals surface area contributed by atoms with E-state index in [1.807, 2.05) is 36.1 Å². The average molecular weight is 328 g/mol. The SMILES string of the molecule is Cc1ccc(-c2cnc(CCC(=O)N3CCCC(CO)C3)o2)cc1. The second kappa shape index (κ2) is 7.62. The zero-order valence-corrected chi connectivity index (χ0v) is 14.1. The van der Waals surface area contributed by atoms with E-state index in [-0.39, 0.29) is 18.4 Å². The Morgan fingerprint density at radius 3 is 2.92 bits per heavy atom. The van der Waals surface area contributed by atoms with E-state index in [0.29, 0.717) is 25.3 Å². The highest BCUT2D eigenvalue weighted by Crippen LogP contribution is 2.22. The molecule has 128 valence electrons. The number of carbonyl (C=O) groups excluding carboxylic acids is 1. The number of oxazole rings is 1. The lowest BCUT2D eigenvalue weighted by Crippen LogP contribution is -2.41. The van der Waals surface area contributed by atoms with E-state index in [1.54, 1.807) is 6.20 Å². The fourth-order valence-corrected chi connectivity index (χ4v) is 3.09. The normalized spacial score (nSPS) is 17.9. The minimum Gasteiger partial charge on any atom is -0.441 e. The van der Waals surface area contributed by atoms with Gasteiger partial charge in [0.1, 0.15) is 0 Å². The molecule has 3 rings (SSSR count). The number of amides is 1. The molecule has 0 spiro atoms. The summed E-state index contributed by atoms with van der Waals surface area (Å²) in [5.41, 5.74) is 2.19. The zero-order valence-electron chi connectivity index (χ0n) is 14.1. The van der Waals surface area contributed by atoms with Crippen molar-refractivity contribution < 1.29 is 14.3 Å². The quantitative estimate of drug-likeness (QED) is 0.916. The average Bonchev–Trinajstić information content (AvgIpc) is 3.09. The molecular weight excluding hydrogens is 304 g/mol. The van der Waals surface area contributed by atoms with E-state index in [1.165, 1.54) is 5.56 Å². The molecule has 2 aromatic rings. The third kappa shape index (κ3) is 4.03. The fourth-order valence-electron chi connectivity index (χ4n) is 3.09. The summed E-state index contributed by atoms with van der Waals surface area (Å²) in [6.45, 7) is 3.65. The largest absolute Gasteiger partial charge is 0.441 e. The molecule has 1 aromatic heterocycles. The smallest absolute Gasteiger partial charge is 0.223 e. The van der Waals surface area contributed by atoms with E-state index < -0.39 is 0 Å². The Labute approximate surface area is 142 Å². The monoisotopic (exact) mass is 328 g/mol.